The Morgan fingerprint density at radius 1 is 1.73 bits per heavy atom. The van der Waals surface area contributed by atoms with Gasteiger partial charge in [0.2, 0.25) is 5.91 Å². The number of carbonyl (C=O) groups excluding carboxylic acids is 1. The highest BCUT2D eigenvalue weighted by Gasteiger charge is 2.51. The van der Waals surface area contributed by atoms with E-state index in [1.54, 1.807) is 0 Å². The van der Waals surface area contributed by atoms with Crippen molar-refractivity contribution in [2.24, 2.45) is 5.73 Å². The Morgan fingerprint density at radius 3 is 2.93 bits per heavy atom. The molecule has 2 aliphatic heterocycles. The summed E-state index contributed by atoms with van der Waals surface area (Å²) in [5.74, 6) is -0.896. The Bertz CT molecular complexity index is 391. The molecule has 0 aromatic rings. The molecule has 2 atom stereocenters. The van der Waals surface area contributed by atoms with Gasteiger partial charge in [-0.05, 0) is 5.57 Å². The lowest BCUT2D eigenvalue weighted by Gasteiger charge is -2.47. The number of carbonyl (C=O) groups is 2. The maximum atomic E-state index is 11.4. The lowest BCUT2D eigenvalue weighted by molar-refractivity contribution is -0.147. The molecule has 2 aliphatic rings. The van der Waals surface area contributed by atoms with E-state index in [2.05, 4.69) is 6.58 Å². The van der Waals surface area contributed by atoms with Gasteiger partial charge in [-0.3, -0.25) is 9.69 Å². The zero-order valence-electron chi connectivity index (χ0n) is 7.84. The van der Waals surface area contributed by atoms with Crippen molar-refractivity contribution in [3.05, 3.63) is 23.9 Å². The number of fused-ring (bicyclic) bond motifs is 1. The number of aliphatic carboxylic acids is 1. The summed E-state index contributed by atoms with van der Waals surface area (Å²) >= 11 is 1.47. The normalized spacial score (nSPS) is 29.7. The fraction of sp³-hybridized carbons (Fsp3) is 0.333. The van der Waals surface area contributed by atoms with E-state index in [1.165, 1.54) is 22.7 Å². The number of allylic oxidation sites excluding steroid dienone is 1. The summed E-state index contributed by atoms with van der Waals surface area (Å²) in [6.45, 7) is 3.54. The van der Waals surface area contributed by atoms with Crippen LogP contribution in [0.15, 0.2) is 23.9 Å². The van der Waals surface area contributed by atoms with Gasteiger partial charge in [0.1, 0.15) is 17.1 Å². The molecule has 15 heavy (non-hydrogen) atoms. The van der Waals surface area contributed by atoms with Crippen LogP contribution in [-0.4, -0.2) is 39.1 Å². The van der Waals surface area contributed by atoms with Crippen LogP contribution >= 0.6 is 11.8 Å². The third-order valence-corrected chi connectivity index (χ3v) is 3.81. The Labute approximate surface area is 90.6 Å². The van der Waals surface area contributed by atoms with Crippen molar-refractivity contribution in [1.82, 2.24) is 4.90 Å². The topological polar surface area (TPSA) is 83.6 Å². The zero-order valence-corrected chi connectivity index (χ0v) is 8.66. The van der Waals surface area contributed by atoms with E-state index in [-0.39, 0.29) is 17.0 Å². The number of nitrogens with zero attached hydrogens (tertiary/aromatic N) is 1. The van der Waals surface area contributed by atoms with Gasteiger partial charge >= 0.3 is 5.97 Å². The molecule has 0 radical (unpaired) electrons. The number of hydrogen-bond donors (Lipinski definition) is 2. The van der Waals surface area contributed by atoms with Gasteiger partial charge in [0.05, 0.1) is 0 Å². The molecule has 1 fully saturated rings. The summed E-state index contributed by atoms with van der Waals surface area (Å²) in [5.41, 5.74) is 6.17. The zero-order chi connectivity index (χ0) is 11.2. The molecule has 0 saturated carbocycles. The first-order valence-corrected chi connectivity index (χ1v) is 5.42. The number of hydrogen-bond acceptors (Lipinski definition) is 4. The van der Waals surface area contributed by atoms with E-state index in [9.17, 15) is 9.59 Å². The molecular formula is C9H10N2O3S. The number of amides is 1. The van der Waals surface area contributed by atoms with Gasteiger partial charge in [0.15, 0.2) is 0 Å². The standard InChI is InChI=1S/C9H10N2O3S/c1-2-4-3-15-8-5(10)7(12)11(8)6(4)9(13)14/h2,5,8H,1,3,10H2,(H,13,14)/t5-,8?/m1/s1. The maximum Gasteiger partial charge on any atom is 0.352 e. The van der Waals surface area contributed by atoms with E-state index in [0.29, 0.717) is 11.3 Å². The van der Waals surface area contributed by atoms with Crippen molar-refractivity contribution in [2.75, 3.05) is 5.75 Å². The van der Waals surface area contributed by atoms with Crippen molar-refractivity contribution in [2.45, 2.75) is 11.4 Å². The van der Waals surface area contributed by atoms with Gasteiger partial charge in [-0.2, -0.15) is 0 Å². The molecule has 2 heterocycles. The summed E-state index contributed by atoms with van der Waals surface area (Å²) in [4.78, 5) is 23.7. The molecule has 0 aromatic heterocycles. The van der Waals surface area contributed by atoms with E-state index < -0.39 is 12.0 Å². The second-order valence-corrected chi connectivity index (χ2v) is 4.42. The lowest BCUT2D eigenvalue weighted by atomic mass is 10.0. The molecule has 1 amide bonds. The fourth-order valence-electron chi connectivity index (χ4n) is 1.70. The molecule has 6 heteroatoms. The second-order valence-electron chi connectivity index (χ2n) is 3.32. The highest BCUT2D eigenvalue weighted by atomic mass is 32.2. The van der Waals surface area contributed by atoms with Crippen LogP contribution in [0, 0.1) is 0 Å². The van der Waals surface area contributed by atoms with Crippen molar-refractivity contribution in [1.29, 1.82) is 0 Å². The predicted octanol–water partition coefficient (Wildman–Crippen LogP) is -0.246. The molecule has 0 spiro atoms. The second kappa shape index (κ2) is 3.39. The molecule has 2 rings (SSSR count). The van der Waals surface area contributed by atoms with Gasteiger partial charge < -0.3 is 10.8 Å². The van der Waals surface area contributed by atoms with E-state index in [4.69, 9.17) is 10.8 Å². The number of thioether (sulfide) groups is 1. The van der Waals surface area contributed by atoms with Crippen LogP contribution in [0.25, 0.3) is 0 Å². The average Bonchev–Trinajstić information content (AvgIpc) is 2.25. The highest BCUT2D eigenvalue weighted by molar-refractivity contribution is 8.00. The smallest absolute Gasteiger partial charge is 0.352 e. The summed E-state index contributed by atoms with van der Waals surface area (Å²) in [5, 5.41) is 8.79. The lowest BCUT2D eigenvalue weighted by Crippen LogP contribution is -2.68. The Balaban J connectivity index is 2.42. The molecule has 0 aromatic carbocycles. The average molecular weight is 226 g/mol. The molecular weight excluding hydrogens is 216 g/mol. The number of β-lactam (4-membered cyclic amide) rings is 1. The first-order chi connectivity index (χ1) is 7.07. The van der Waals surface area contributed by atoms with Crippen molar-refractivity contribution in [3.8, 4) is 0 Å². The van der Waals surface area contributed by atoms with Gasteiger partial charge in [-0.15, -0.1) is 11.8 Å². The fourth-order valence-corrected chi connectivity index (χ4v) is 2.98. The van der Waals surface area contributed by atoms with Crippen molar-refractivity contribution < 1.29 is 14.7 Å². The van der Waals surface area contributed by atoms with E-state index in [0.717, 1.165) is 0 Å². The largest absolute Gasteiger partial charge is 0.477 e. The minimum atomic E-state index is -1.10. The highest BCUT2D eigenvalue weighted by Crippen LogP contribution is 2.39. The molecule has 0 aliphatic carbocycles. The molecule has 80 valence electrons. The van der Waals surface area contributed by atoms with E-state index >= 15 is 0 Å². The number of nitrogens with two attached hydrogens (primary N) is 1. The first-order valence-electron chi connectivity index (χ1n) is 4.37. The molecule has 1 saturated heterocycles. The predicted molar refractivity (Wildman–Crippen MR) is 55.9 cm³/mol. The summed E-state index contributed by atoms with van der Waals surface area (Å²) in [7, 11) is 0. The van der Waals surface area contributed by atoms with Gasteiger partial charge in [-0.1, -0.05) is 12.7 Å². The molecule has 0 bridgehead atoms. The van der Waals surface area contributed by atoms with Crippen molar-refractivity contribution >= 4 is 23.6 Å². The minimum absolute atomic E-state index is 0.0282. The Hall–Kier alpha value is -1.27. The summed E-state index contributed by atoms with van der Waals surface area (Å²) in [6, 6.07) is -0.573. The van der Waals surface area contributed by atoms with Gasteiger partial charge in [-0.25, -0.2) is 4.79 Å². The third kappa shape index (κ3) is 1.29. The van der Waals surface area contributed by atoms with Crippen LogP contribution in [0.2, 0.25) is 0 Å². The SMILES string of the molecule is C=CC1=C(C(=O)O)N2C(=O)[C@@H](N)C2SC1. The molecule has 3 N–H and O–H groups in total. The summed E-state index contributed by atoms with van der Waals surface area (Å²) < 4.78 is 0. The first kappa shape index (κ1) is 10.3. The number of rotatable bonds is 2. The Morgan fingerprint density at radius 2 is 2.40 bits per heavy atom. The number of carboxylic acid groups (broad SMARTS) is 1. The van der Waals surface area contributed by atoms with Crippen LogP contribution in [-0.2, 0) is 9.59 Å². The number of carboxylic acids is 1. The van der Waals surface area contributed by atoms with Crippen LogP contribution in [0.1, 0.15) is 0 Å². The van der Waals surface area contributed by atoms with Crippen LogP contribution in [0.3, 0.4) is 0 Å². The molecule has 1 unspecified atom stereocenters. The van der Waals surface area contributed by atoms with Crippen LogP contribution in [0.4, 0.5) is 0 Å². The Kier molecular flexibility index (Phi) is 2.32. The van der Waals surface area contributed by atoms with Gasteiger partial charge in [0, 0.05) is 5.75 Å². The molecule has 5 nitrogen and oxygen atoms in total. The monoisotopic (exact) mass is 226 g/mol. The minimum Gasteiger partial charge on any atom is -0.477 e. The van der Waals surface area contributed by atoms with Crippen molar-refractivity contribution in [3.63, 3.8) is 0 Å². The van der Waals surface area contributed by atoms with Gasteiger partial charge in [0.25, 0.3) is 0 Å². The van der Waals surface area contributed by atoms with Crippen LogP contribution in [0.5, 0.6) is 0 Å². The third-order valence-electron chi connectivity index (χ3n) is 2.49. The quantitative estimate of drug-likeness (QED) is 0.634. The summed E-state index contributed by atoms with van der Waals surface area (Å²) in [6.07, 6.45) is 1.48. The van der Waals surface area contributed by atoms with Crippen LogP contribution < -0.4 is 5.73 Å². The van der Waals surface area contributed by atoms with E-state index in [1.807, 2.05) is 0 Å². The maximum absolute atomic E-state index is 11.4.